The number of hydrogen-bond donors (Lipinski definition) is 2. The number of benzene rings is 3. The molecule has 3 aromatic rings. The summed E-state index contributed by atoms with van der Waals surface area (Å²) < 4.78 is 0. The first-order chi connectivity index (χ1) is 13.7. The van der Waals surface area contributed by atoms with Crippen LogP contribution in [-0.4, -0.2) is 29.9 Å². The minimum absolute atomic E-state index is 0.0347. The first-order valence-electron chi connectivity index (χ1n) is 9.60. The number of fused-ring (bicyclic) bond motifs is 1. The highest BCUT2D eigenvalue weighted by molar-refractivity contribution is 5.96. The van der Waals surface area contributed by atoms with Gasteiger partial charge in [-0.2, -0.15) is 0 Å². The van der Waals surface area contributed by atoms with Gasteiger partial charge in [0, 0.05) is 24.5 Å². The van der Waals surface area contributed by atoms with Crippen molar-refractivity contribution in [1.29, 1.82) is 0 Å². The number of anilines is 2. The summed E-state index contributed by atoms with van der Waals surface area (Å²) in [6.07, 6.45) is 1.60. The molecule has 0 saturated carbocycles. The van der Waals surface area contributed by atoms with Crippen molar-refractivity contribution >= 4 is 34.1 Å². The topological polar surface area (TPSA) is 61.4 Å². The van der Waals surface area contributed by atoms with Gasteiger partial charge in [0.2, 0.25) is 5.91 Å². The molecule has 1 heterocycles. The molecule has 3 amide bonds. The summed E-state index contributed by atoms with van der Waals surface area (Å²) in [7, 11) is 0. The van der Waals surface area contributed by atoms with Crippen molar-refractivity contribution in [3.05, 3.63) is 72.8 Å². The number of piperidine rings is 1. The van der Waals surface area contributed by atoms with E-state index >= 15 is 0 Å². The molecule has 3 aromatic carbocycles. The molecule has 4 rings (SSSR count). The summed E-state index contributed by atoms with van der Waals surface area (Å²) in [5.41, 5.74) is 1.55. The van der Waals surface area contributed by atoms with Crippen LogP contribution in [0.3, 0.4) is 0 Å². The predicted molar refractivity (Wildman–Crippen MR) is 112 cm³/mol. The van der Waals surface area contributed by atoms with Gasteiger partial charge in [-0.3, -0.25) is 4.79 Å². The second kappa shape index (κ2) is 8.13. The SMILES string of the molecule is O=C(Nc1ccc2ccccc2c1)[C@H]1CCCN(C(=O)Nc2ccccc2)C1. The van der Waals surface area contributed by atoms with Gasteiger partial charge in [-0.1, -0.05) is 48.5 Å². The normalized spacial score (nSPS) is 16.6. The van der Waals surface area contributed by atoms with Gasteiger partial charge in [0.25, 0.3) is 0 Å². The van der Waals surface area contributed by atoms with Crippen LogP contribution in [0.2, 0.25) is 0 Å². The lowest BCUT2D eigenvalue weighted by Gasteiger charge is -2.32. The molecule has 0 radical (unpaired) electrons. The van der Waals surface area contributed by atoms with Gasteiger partial charge in [-0.15, -0.1) is 0 Å². The molecule has 0 spiro atoms. The van der Waals surface area contributed by atoms with E-state index in [1.54, 1.807) is 4.90 Å². The van der Waals surface area contributed by atoms with Crippen LogP contribution in [0.5, 0.6) is 0 Å². The maximum absolute atomic E-state index is 12.8. The molecule has 1 atom stereocenters. The fourth-order valence-electron chi connectivity index (χ4n) is 3.61. The Morgan fingerprint density at radius 2 is 1.57 bits per heavy atom. The molecular formula is C23H23N3O2. The molecule has 0 bridgehead atoms. The van der Waals surface area contributed by atoms with Crippen LogP contribution in [0.4, 0.5) is 16.2 Å². The molecule has 0 aliphatic carbocycles. The van der Waals surface area contributed by atoms with Gasteiger partial charge in [-0.25, -0.2) is 4.79 Å². The van der Waals surface area contributed by atoms with Crippen LogP contribution in [0.25, 0.3) is 10.8 Å². The number of carbonyl (C=O) groups excluding carboxylic acids is 2. The molecule has 5 nitrogen and oxygen atoms in total. The molecule has 2 N–H and O–H groups in total. The molecule has 1 aliphatic heterocycles. The van der Waals surface area contributed by atoms with E-state index in [4.69, 9.17) is 0 Å². The fourth-order valence-corrected chi connectivity index (χ4v) is 3.61. The first-order valence-corrected chi connectivity index (χ1v) is 9.60. The van der Waals surface area contributed by atoms with Crippen molar-refractivity contribution in [3.63, 3.8) is 0 Å². The average molecular weight is 373 g/mol. The van der Waals surface area contributed by atoms with Crippen LogP contribution >= 0.6 is 0 Å². The number of hydrogen-bond acceptors (Lipinski definition) is 2. The van der Waals surface area contributed by atoms with Gasteiger partial charge in [0.05, 0.1) is 5.92 Å². The number of rotatable bonds is 3. The molecule has 1 fully saturated rings. The van der Waals surface area contributed by atoms with Gasteiger partial charge in [-0.05, 0) is 47.9 Å². The highest BCUT2D eigenvalue weighted by Gasteiger charge is 2.28. The zero-order valence-electron chi connectivity index (χ0n) is 15.6. The Balaban J connectivity index is 1.39. The van der Waals surface area contributed by atoms with Crippen molar-refractivity contribution in [1.82, 2.24) is 4.90 Å². The highest BCUT2D eigenvalue weighted by atomic mass is 16.2. The molecule has 5 heteroatoms. The number of para-hydroxylation sites is 1. The smallest absolute Gasteiger partial charge is 0.321 e. The van der Waals surface area contributed by atoms with Gasteiger partial charge >= 0.3 is 6.03 Å². The molecule has 1 aliphatic rings. The molecule has 1 saturated heterocycles. The van der Waals surface area contributed by atoms with Crippen LogP contribution in [0, 0.1) is 5.92 Å². The number of likely N-dealkylation sites (tertiary alicyclic amines) is 1. The van der Waals surface area contributed by atoms with Crippen molar-refractivity contribution < 1.29 is 9.59 Å². The Morgan fingerprint density at radius 3 is 2.39 bits per heavy atom. The van der Waals surface area contributed by atoms with Gasteiger partial charge < -0.3 is 15.5 Å². The Bertz CT molecular complexity index is 987. The number of nitrogens with one attached hydrogen (secondary N) is 2. The zero-order chi connectivity index (χ0) is 19.3. The molecule has 142 valence electrons. The van der Waals surface area contributed by atoms with Gasteiger partial charge in [0.15, 0.2) is 0 Å². The molecule has 0 aromatic heterocycles. The van der Waals surface area contributed by atoms with Crippen molar-refractivity contribution in [2.75, 3.05) is 23.7 Å². The Kier molecular flexibility index (Phi) is 5.24. The van der Waals surface area contributed by atoms with Crippen molar-refractivity contribution in [2.45, 2.75) is 12.8 Å². The summed E-state index contributed by atoms with van der Waals surface area (Å²) in [6.45, 7) is 1.09. The number of nitrogens with zero attached hydrogens (tertiary/aromatic N) is 1. The van der Waals surface area contributed by atoms with Crippen molar-refractivity contribution in [3.8, 4) is 0 Å². The Morgan fingerprint density at radius 1 is 0.821 bits per heavy atom. The van der Waals surface area contributed by atoms with Crippen LogP contribution in [0.15, 0.2) is 72.8 Å². The summed E-state index contributed by atoms with van der Waals surface area (Å²) in [5, 5.41) is 8.14. The summed E-state index contributed by atoms with van der Waals surface area (Å²) in [5.74, 6) is -0.241. The number of carbonyl (C=O) groups is 2. The number of amides is 3. The zero-order valence-corrected chi connectivity index (χ0v) is 15.6. The third-order valence-electron chi connectivity index (χ3n) is 5.12. The van der Waals surface area contributed by atoms with E-state index in [1.807, 2.05) is 72.8 Å². The lowest BCUT2D eigenvalue weighted by Crippen LogP contribution is -2.45. The summed E-state index contributed by atoms with van der Waals surface area (Å²) in [6, 6.07) is 23.2. The lowest BCUT2D eigenvalue weighted by atomic mass is 9.97. The van der Waals surface area contributed by atoms with E-state index in [1.165, 1.54) is 0 Å². The third-order valence-corrected chi connectivity index (χ3v) is 5.12. The highest BCUT2D eigenvalue weighted by Crippen LogP contribution is 2.22. The second-order valence-electron chi connectivity index (χ2n) is 7.13. The maximum Gasteiger partial charge on any atom is 0.321 e. The summed E-state index contributed by atoms with van der Waals surface area (Å²) in [4.78, 5) is 27.0. The molecule has 0 unspecified atom stereocenters. The standard InChI is InChI=1S/C23H23N3O2/c27-22(24-21-13-12-17-7-4-5-8-18(17)15-21)19-9-6-14-26(16-19)23(28)25-20-10-2-1-3-11-20/h1-5,7-8,10-13,15,19H,6,9,14,16H2,(H,24,27)(H,25,28)/t19-/m0/s1. The van der Waals surface area contributed by atoms with E-state index in [9.17, 15) is 9.59 Å². The quantitative estimate of drug-likeness (QED) is 0.698. The van der Waals surface area contributed by atoms with E-state index in [0.29, 0.717) is 13.1 Å². The van der Waals surface area contributed by atoms with Crippen LogP contribution < -0.4 is 10.6 Å². The third kappa shape index (κ3) is 4.14. The van der Waals surface area contributed by atoms with Gasteiger partial charge in [0.1, 0.15) is 0 Å². The average Bonchev–Trinajstić information content (AvgIpc) is 2.74. The summed E-state index contributed by atoms with van der Waals surface area (Å²) >= 11 is 0. The lowest BCUT2D eigenvalue weighted by molar-refractivity contribution is -0.121. The first kappa shape index (κ1) is 18.0. The minimum Gasteiger partial charge on any atom is -0.326 e. The van der Waals surface area contributed by atoms with E-state index < -0.39 is 0 Å². The van der Waals surface area contributed by atoms with E-state index in [0.717, 1.165) is 35.0 Å². The largest absolute Gasteiger partial charge is 0.326 e. The molecular weight excluding hydrogens is 350 g/mol. The van der Waals surface area contributed by atoms with Crippen LogP contribution in [-0.2, 0) is 4.79 Å². The van der Waals surface area contributed by atoms with E-state index in [2.05, 4.69) is 10.6 Å². The van der Waals surface area contributed by atoms with Crippen LogP contribution in [0.1, 0.15) is 12.8 Å². The van der Waals surface area contributed by atoms with E-state index in [-0.39, 0.29) is 17.9 Å². The molecule has 28 heavy (non-hydrogen) atoms. The second-order valence-corrected chi connectivity index (χ2v) is 7.13. The predicted octanol–water partition coefficient (Wildman–Crippen LogP) is 4.72. The maximum atomic E-state index is 12.8. The Labute approximate surface area is 164 Å². The fraction of sp³-hybridized carbons (Fsp3) is 0.217. The Hall–Kier alpha value is -3.34. The monoisotopic (exact) mass is 373 g/mol. The number of urea groups is 1. The minimum atomic E-state index is -0.207. The van der Waals surface area contributed by atoms with Crippen molar-refractivity contribution in [2.24, 2.45) is 5.92 Å².